The molecule has 1 aromatic carbocycles. The molecule has 0 unspecified atom stereocenters. The molecule has 0 saturated heterocycles. The monoisotopic (exact) mass is 441 g/mol. The molecule has 0 aliphatic heterocycles. The van der Waals surface area contributed by atoms with Crippen molar-refractivity contribution in [3.05, 3.63) is 54.1 Å². The van der Waals surface area contributed by atoms with Crippen LogP contribution in [0.3, 0.4) is 0 Å². The van der Waals surface area contributed by atoms with Crippen LogP contribution in [0.25, 0.3) is 0 Å². The summed E-state index contributed by atoms with van der Waals surface area (Å²) < 4.78 is 2.06. The molecule has 0 bridgehead atoms. The summed E-state index contributed by atoms with van der Waals surface area (Å²) in [5, 5.41) is 6.69. The third-order valence-electron chi connectivity index (χ3n) is 3.17. The van der Waals surface area contributed by atoms with Crippen LogP contribution in [0, 0.1) is 0 Å². The van der Waals surface area contributed by atoms with Gasteiger partial charge in [-0.3, -0.25) is 0 Å². The Bertz CT molecular complexity index is 629. The lowest BCUT2D eigenvalue weighted by molar-refractivity contribution is 0.501. The first-order valence-electron chi connectivity index (χ1n) is 8.06. The van der Waals surface area contributed by atoms with E-state index in [1.165, 1.54) is 11.1 Å². The lowest BCUT2D eigenvalue weighted by Gasteiger charge is -2.23. The maximum Gasteiger partial charge on any atom is 0.191 e. The molecule has 6 heteroatoms. The Balaban J connectivity index is 0.00000288. The van der Waals surface area contributed by atoms with E-state index in [1.807, 2.05) is 12.5 Å². The second-order valence-corrected chi connectivity index (χ2v) is 6.63. The Morgan fingerprint density at radius 3 is 2.62 bits per heavy atom. The van der Waals surface area contributed by atoms with Crippen LogP contribution >= 0.6 is 24.0 Å². The van der Waals surface area contributed by atoms with Crippen LogP contribution in [0.2, 0.25) is 0 Å². The lowest BCUT2D eigenvalue weighted by Crippen LogP contribution is -2.47. The fourth-order valence-corrected chi connectivity index (χ4v) is 2.25. The van der Waals surface area contributed by atoms with Gasteiger partial charge in [0, 0.05) is 31.0 Å². The molecule has 2 aromatic rings. The molecule has 2 rings (SSSR count). The first-order chi connectivity index (χ1) is 11.0. The molecular weight excluding hydrogens is 413 g/mol. The Morgan fingerprint density at radius 1 is 1.25 bits per heavy atom. The van der Waals surface area contributed by atoms with Crippen molar-refractivity contribution in [1.29, 1.82) is 0 Å². The first kappa shape index (κ1) is 20.5. The summed E-state index contributed by atoms with van der Waals surface area (Å²) in [4.78, 5) is 8.76. The van der Waals surface area contributed by atoms with Crippen molar-refractivity contribution in [1.82, 2.24) is 20.2 Å². The number of guanidine groups is 1. The number of aliphatic imine (C=N–C) groups is 1. The van der Waals surface area contributed by atoms with E-state index in [4.69, 9.17) is 0 Å². The van der Waals surface area contributed by atoms with Crippen LogP contribution in [-0.2, 0) is 13.1 Å². The highest BCUT2D eigenvalue weighted by Gasteiger charge is 2.11. The molecule has 0 spiro atoms. The van der Waals surface area contributed by atoms with Crippen molar-refractivity contribution < 1.29 is 0 Å². The summed E-state index contributed by atoms with van der Waals surface area (Å²) in [5.41, 5.74) is 2.45. The predicted octanol–water partition coefficient (Wildman–Crippen LogP) is 3.40. The summed E-state index contributed by atoms with van der Waals surface area (Å²) >= 11 is 0. The second kappa shape index (κ2) is 9.66. The average Bonchev–Trinajstić information content (AvgIpc) is 2.97. The Hall–Kier alpha value is -1.57. The number of hydrogen-bond acceptors (Lipinski definition) is 2. The number of aromatic nitrogens is 2. The van der Waals surface area contributed by atoms with Gasteiger partial charge in [-0.25, -0.2) is 9.98 Å². The largest absolute Gasteiger partial charge is 0.357 e. The van der Waals surface area contributed by atoms with Crippen molar-refractivity contribution in [2.45, 2.75) is 46.3 Å². The molecule has 2 N–H and O–H groups in total. The zero-order valence-corrected chi connectivity index (χ0v) is 17.2. The molecule has 0 aliphatic carbocycles. The van der Waals surface area contributed by atoms with Crippen LogP contribution in [0.15, 0.2) is 48.0 Å². The maximum absolute atomic E-state index is 4.68. The van der Waals surface area contributed by atoms with Crippen molar-refractivity contribution in [2.75, 3.05) is 6.54 Å². The summed E-state index contributed by atoms with van der Waals surface area (Å²) in [6.45, 7) is 10.8. The molecule has 0 amide bonds. The highest BCUT2D eigenvalue weighted by Crippen LogP contribution is 2.09. The van der Waals surface area contributed by atoms with Gasteiger partial charge in [-0.1, -0.05) is 24.3 Å². The molecule has 0 aliphatic rings. The number of benzene rings is 1. The van der Waals surface area contributed by atoms with Gasteiger partial charge in [-0.15, -0.1) is 24.0 Å². The quantitative estimate of drug-likeness (QED) is 0.425. The predicted molar refractivity (Wildman–Crippen MR) is 111 cm³/mol. The SMILES string of the molecule is CCNC(=NCc1cccc(Cn2ccnc2)c1)NC(C)(C)C.I. The van der Waals surface area contributed by atoms with E-state index in [1.54, 1.807) is 6.20 Å². The Labute approximate surface area is 162 Å². The van der Waals surface area contributed by atoms with Crippen molar-refractivity contribution in [3.63, 3.8) is 0 Å². The molecule has 0 fully saturated rings. The minimum atomic E-state index is -0.00965. The standard InChI is InChI=1S/C18H27N5.HI/c1-5-20-17(22-18(2,3)4)21-12-15-7-6-8-16(11-15)13-23-10-9-19-14-23;/h6-11,14H,5,12-13H2,1-4H3,(H2,20,21,22);1H. The van der Waals surface area contributed by atoms with Crippen LogP contribution in [0.5, 0.6) is 0 Å². The number of nitrogens with one attached hydrogen (secondary N) is 2. The topological polar surface area (TPSA) is 54.2 Å². The van der Waals surface area contributed by atoms with Gasteiger partial charge in [0.25, 0.3) is 0 Å². The minimum Gasteiger partial charge on any atom is -0.357 e. The molecule has 0 radical (unpaired) electrons. The number of hydrogen-bond donors (Lipinski definition) is 2. The third-order valence-corrected chi connectivity index (χ3v) is 3.17. The first-order valence-corrected chi connectivity index (χ1v) is 8.06. The Morgan fingerprint density at radius 2 is 2.00 bits per heavy atom. The Kier molecular flexibility index (Phi) is 8.24. The van der Waals surface area contributed by atoms with Crippen molar-refractivity contribution in [2.24, 2.45) is 4.99 Å². The lowest BCUT2D eigenvalue weighted by atomic mass is 10.1. The van der Waals surface area contributed by atoms with Gasteiger partial charge in [-0.05, 0) is 38.8 Å². The molecule has 1 heterocycles. The van der Waals surface area contributed by atoms with E-state index in [2.05, 4.69) is 77.1 Å². The average molecular weight is 441 g/mol. The number of halogens is 1. The minimum absolute atomic E-state index is 0. The van der Waals surface area contributed by atoms with E-state index in [9.17, 15) is 0 Å². The van der Waals surface area contributed by atoms with E-state index >= 15 is 0 Å². The zero-order valence-electron chi connectivity index (χ0n) is 14.9. The van der Waals surface area contributed by atoms with E-state index in [0.717, 1.165) is 19.0 Å². The summed E-state index contributed by atoms with van der Waals surface area (Å²) in [6, 6.07) is 8.53. The fraction of sp³-hybridized carbons (Fsp3) is 0.444. The highest BCUT2D eigenvalue weighted by atomic mass is 127. The summed E-state index contributed by atoms with van der Waals surface area (Å²) in [5.74, 6) is 0.847. The van der Waals surface area contributed by atoms with Gasteiger partial charge >= 0.3 is 0 Å². The van der Waals surface area contributed by atoms with Crippen LogP contribution in [0.4, 0.5) is 0 Å². The molecule has 0 atom stereocenters. The van der Waals surface area contributed by atoms with E-state index in [-0.39, 0.29) is 29.5 Å². The van der Waals surface area contributed by atoms with Crippen LogP contribution in [0.1, 0.15) is 38.8 Å². The van der Waals surface area contributed by atoms with Gasteiger partial charge in [0.1, 0.15) is 0 Å². The van der Waals surface area contributed by atoms with Gasteiger partial charge in [0.2, 0.25) is 0 Å². The molecule has 5 nitrogen and oxygen atoms in total. The normalized spacial score (nSPS) is 11.8. The number of rotatable bonds is 5. The summed E-state index contributed by atoms with van der Waals surface area (Å²) in [6.07, 6.45) is 5.61. The third kappa shape index (κ3) is 7.33. The number of imidazole rings is 1. The summed E-state index contributed by atoms with van der Waals surface area (Å²) in [7, 11) is 0. The molecule has 0 saturated carbocycles. The second-order valence-electron chi connectivity index (χ2n) is 6.63. The molecule has 132 valence electrons. The van der Waals surface area contributed by atoms with Crippen molar-refractivity contribution >= 4 is 29.9 Å². The van der Waals surface area contributed by atoms with Gasteiger partial charge < -0.3 is 15.2 Å². The van der Waals surface area contributed by atoms with Gasteiger partial charge in [0.15, 0.2) is 5.96 Å². The van der Waals surface area contributed by atoms with E-state index < -0.39 is 0 Å². The highest BCUT2D eigenvalue weighted by molar-refractivity contribution is 14.0. The molecular formula is C18H28IN5. The fourth-order valence-electron chi connectivity index (χ4n) is 2.25. The molecule has 24 heavy (non-hydrogen) atoms. The van der Waals surface area contributed by atoms with Crippen molar-refractivity contribution in [3.8, 4) is 0 Å². The smallest absolute Gasteiger partial charge is 0.191 e. The number of nitrogens with zero attached hydrogens (tertiary/aromatic N) is 3. The van der Waals surface area contributed by atoms with Gasteiger partial charge in [-0.2, -0.15) is 0 Å². The van der Waals surface area contributed by atoms with Crippen LogP contribution < -0.4 is 10.6 Å². The van der Waals surface area contributed by atoms with E-state index in [0.29, 0.717) is 6.54 Å². The maximum atomic E-state index is 4.68. The van der Waals surface area contributed by atoms with Gasteiger partial charge in [0.05, 0.1) is 12.9 Å². The molecule has 1 aromatic heterocycles. The van der Waals surface area contributed by atoms with Crippen LogP contribution in [-0.4, -0.2) is 27.6 Å². The zero-order chi connectivity index (χ0) is 16.7.